The number of nitrogens with one attached hydrogen (secondary N) is 3. The van der Waals surface area contributed by atoms with E-state index in [1.807, 2.05) is 109 Å². The molecule has 3 radical (unpaired) electrons. The molecule has 6 aliphatic carbocycles. The predicted octanol–water partition coefficient (Wildman–Crippen LogP) is 15.5. The molecule has 24 atom stereocenters. The number of fused-ring (bicyclic) bond motifs is 21. The van der Waals surface area contributed by atoms with Gasteiger partial charge in [-0.05, 0) is 160 Å². The van der Waals surface area contributed by atoms with E-state index in [-0.39, 0.29) is 159 Å². The van der Waals surface area contributed by atoms with Crippen molar-refractivity contribution in [2.45, 2.75) is 307 Å². The predicted molar refractivity (Wildman–Crippen MR) is 480 cm³/mol. The number of hydrogen-bond donors (Lipinski definition) is 3. The average Bonchev–Trinajstić information content (AvgIpc) is 1.56. The Morgan fingerprint density at radius 3 is 1.04 bits per heavy atom. The van der Waals surface area contributed by atoms with Gasteiger partial charge in [0.05, 0.1) is 91.8 Å². The molecule has 12 aliphatic rings. The largest absolute Gasteiger partial charge is 0.540 e. The minimum Gasteiger partial charge on any atom is -0.540 e. The van der Waals surface area contributed by atoms with Gasteiger partial charge in [-0.25, -0.2) is 89.5 Å². The number of amides is 6. The molecule has 9 fully saturated rings. The van der Waals surface area contributed by atoms with Crippen LogP contribution in [0.1, 0.15) is 234 Å². The summed E-state index contributed by atoms with van der Waals surface area (Å²) in [6.07, 6.45) is 10.4. The van der Waals surface area contributed by atoms with Crippen molar-refractivity contribution in [2.75, 3.05) is 41.0 Å². The van der Waals surface area contributed by atoms with Crippen LogP contribution in [0.2, 0.25) is 0 Å². The third-order valence-corrected chi connectivity index (χ3v) is 30.3. The molecule has 0 spiro atoms. The standard InChI is InChI=1S/C34H43F2N4O6.C33H41F2N4O6.C32H39F2N4O6.3V/c1-6-20-24(17-41)40-16-26(20)45-30-28(37-22-14-13-19(44-5)15-23(22)38-30)27-21(34(27,35)36)11-7-9-18-10-8-12-25(18)46-32(43)39-29(31(40)42)33(2,3)4;1-7-19-23(16-40)39-15-24(19)44-28-26(36-21-12-11-18(43-6)13-22(21)37-28)25-20(33(25,34)35)10-8-9-17-14-32(17,5)45-30(42)38-27(29(39)41)31(2,3)4;1-6-18-22(15-39)38-14-24(18)43-28-26(35-20-11-10-17(42-5)13-21(20)36-28)25-19(32(25,33)34)9-7-8-16-12-23(16)44-30(41)37-27(29(38)40)31(2,3)4;;;/h13-15,18,20-21,24-27,29H,6-12,16H2,1-5H3,(H,39,43);11-13,17,19-20,23-25,27H,7-10,14-15H2,1-6H3,(H,38,42);10-11,13,16,18-19,22-25,27H,6-9,12,14H2,1-5H3,(H,37,41);;;/q3*-1;;;/t18-,20+,21?,24-,25-,26+,27?,29-;17-,19+,20?,23-,24+,25?,27-,32-;16-,18+,19?,22-,23-,24+,25?,27-;;;/m111.../s1. The number of aromatic nitrogens is 6. The van der Waals surface area contributed by atoms with Crippen LogP contribution in [0.25, 0.3) is 33.1 Å². The Kier molecular flexibility index (Phi) is 31.7. The van der Waals surface area contributed by atoms with E-state index in [1.165, 1.54) is 36.0 Å². The maximum atomic E-state index is 15.6. The number of methoxy groups -OCH3 is 3. The van der Waals surface area contributed by atoms with E-state index in [0.29, 0.717) is 127 Å². The third-order valence-electron chi connectivity index (χ3n) is 30.3. The molecular weight excluding hydrogens is 1910 g/mol. The maximum absolute atomic E-state index is 15.6. The van der Waals surface area contributed by atoms with Crippen LogP contribution in [-0.4, -0.2) is 231 Å². The number of carbonyl (C=O) groups excluding carboxylic acids is 9. The summed E-state index contributed by atoms with van der Waals surface area (Å²) >= 11 is 0. The molecule has 6 aromatic rings. The fraction of sp³-hybridized carbons (Fsp3) is 0.667. The second-order valence-electron chi connectivity index (χ2n) is 42.2. The minimum absolute atomic E-state index is 0. The topological polar surface area (TPSA) is 360 Å². The van der Waals surface area contributed by atoms with E-state index in [4.69, 9.17) is 42.6 Å². The Bertz CT molecular complexity index is 5550. The Balaban J connectivity index is 0.000000173. The van der Waals surface area contributed by atoms with Gasteiger partial charge in [0, 0.05) is 97.5 Å². The summed E-state index contributed by atoms with van der Waals surface area (Å²) in [6.45, 7) is 23.8. The summed E-state index contributed by atoms with van der Waals surface area (Å²) in [6, 6.07) is 9.22. The molecule has 3 aromatic carbocycles. The van der Waals surface area contributed by atoms with Crippen LogP contribution in [-0.2, 0) is 98.6 Å². The zero-order chi connectivity index (χ0) is 97.0. The average molecular weight is 2040 g/mol. The van der Waals surface area contributed by atoms with Gasteiger partial charge in [0.25, 0.3) is 17.8 Å². The summed E-state index contributed by atoms with van der Waals surface area (Å²) in [7, 11) is 4.56. The first-order valence-electron chi connectivity index (χ1n) is 47.6. The zero-order valence-corrected chi connectivity index (χ0v) is 84.8. The molecule has 6 saturated carbocycles. The first-order chi connectivity index (χ1) is 63.9. The normalized spacial score (nSPS) is 32.9. The number of halogens is 6. The van der Waals surface area contributed by atoms with Gasteiger partial charge in [-0.3, -0.25) is 14.4 Å². The molecular formula is C99H123F6N12O18V3-3. The molecule has 3 N–H and O–H groups in total. The molecule has 9 heterocycles. The van der Waals surface area contributed by atoms with Crippen LogP contribution in [0.15, 0.2) is 54.6 Å². The molecule has 30 nitrogen and oxygen atoms in total. The Labute approximate surface area is 835 Å². The van der Waals surface area contributed by atoms with Gasteiger partial charge in [0.1, 0.15) is 88.6 Å². The summed E-state index contributed by atoms with van der Waals surface area (Å²) < 4.78 is 146. The van der Waals surface area contributed by atoms with E-state index >= 15 is 26.3 Å². The van der Waals surface area contributed by atoms with Crippen LogP contribution < -0.4 is 44.4 Å². The van der Waals surface area contributed by atoms with Crippen molar-refractivity contribution in [2.24, 2.45) is 69.5 Å². The van der Waals surface area contributed by atoms with Crippen LogP contribution in [0.3, 0.4) is 0 Å². The summed E-state index contributed by atoms with van der Waals surface area (Å²) in [5.41, 5.74) is -0.0833. The van der Waals surface area contributed by atoms with Crippen LogP contribution in [0.4, 0.5) is 40.7 Å². The summed E-state index contributed by atoms with van der Waals surface area (Å²) in [4.78, 5) is 151. The number of hydrogen-bond acceptors (Lipinski definition) is 24. The molecule has 138 heavy (non-hydrogen) atoms. The fourth-order valence-electron chi connectivity index (χ4n) is 22.0. The molecule has 39 heteroatoms. The SMILES string of the molecule is CC[C@@H]1[C@@H]2CN(C(=O)[C@H](C(C)(C)C)NC(=O)O[C@@H]3CCC[C@H]3CCCC3C(c4nc5ccc(OC)cc5nc4O2)C3(F)F)[C@@H]1[C-]=O.CC[C@@H]1[C@@H]2CN(C(=O)[C@H](C(C)(C)C)NC(=O)O[C@@H]3C[C@H]3CCCC3C(c4nc5ccc(OC)cc5nc4O2)C3(F)F)[C@@H]1[C-]=O.CC[C@@H]1[C@@H]2CN(C(=O)[C@H](C(C)(C)C)NC(=O)O[C@]3(C)C[C@H]3CCCC3C(c4nc5ccc(OC)cc5nc4O2)C3(F)F)[C@@H]1[C-]=O.[V].[V].[V]. The second kappa shape index (κ2) is 41.2. The maximum Gasteiger partial charge on any atom is 0.408 e. The smallest absolute Gasteiger partial charge is 0.408 e. The summed E-state index contributed by atoms with van der Waals surface area (Å²) in [5, 5.41) is 8.31. The van der Waals surface area contributed by atoms with Gasteiger partial charge in [0.2, 0.25) is 35.4 Å². The third kappa shape index (κ3) is 21.3. The number of alkyl carbamates (subject to hydrolysis) is 3. The number of alkyl halides is 6. The van der Waals surface area contributed by atoms with Crippen molar-refractivity contribution in [3.63, 3.8) is 0 Å². The van der Waals surface area contributed by atoms with E-state index in [9.17, 15) is 43.2 Å². The monoisotopic (exact) mass is 2030 g/mol. The Morgan fingerprint density at radius 2 is 0.717 bits per heavy atom. The van der Waals surface area contributed by atoms with Gasteiger partial charge in [0.15, 0.2) is 0 Å². The van der Waals surface area contributed by atoms with Crippen molar-refractivity contribution in [1.82, 2.24) is 60.6 Å². The van der Waals surface area contributed by atoms with Gasteiger partial charge in [-0.15, -0.1) is 0 Å². The van der Waals surface area contributed by atoms with E-state index in [1.54, 1.807) is 54.6 Å². The first-order valence-corrected chi connectivity index (χ1v) is 47.6. The molecule has 6 aliphatic heterocycles. The van der Waals surface area contributed by atoms with Crippen LogP contribution >= 0.6 is 0 Å². The van der Waals surface area contributed by atoms with Gasteiger partial charge < -0.3 is 87.7 Å². The van der Waals surface area contributed by atoms with Gasteiger partial charge in [-0.1, -0.05) is 140 Å². The fourth-order valence-corrected chi connectivity index (χ4v) is 22.0. The number of ether oxygens (including phenoxy) is 9. The number of rotatable bonds is 9. The quantitative estimate of drug-likeness (QED) is 0.0687. The van der Waals surface area contributed by atoms with Crippen molar-refractivity contribution in [3.8, 4) is 34.9 Å². The number of benzene rings is 3. The molecule has 3 aromatic heterocycles. The second-order valence-corrected chi connectivity index (χ2v) is 42.2. The van der Waals surface area contributed by atoms with Gasteiger partial charge >= 0.3 is 18.3 Å². The molecule has 18 rings (SSSR count). The van der Waals surface area contributed by atoms with Crippen molar-refractivity contribution < 1.29 is 168 Å². The molecule has 6 bridgehead atoms. The minimum atomic E-state index is -3.00. The number of nitrogens with zero attached hydrogens (tertiary/aromatic N) is 9. The van der Waals surface area contributed by atoms with Crippen molar-refractivity contribution in [3.05, 3.63) is 71.7 Å². The Morgan fingerprint density at radius 1 is 0.406 bits per heavy atom. The Hall–Kier alpha value is -8.96. The van der Waals surface area contributed by atoms with E-state index in [0.717, 1.165) is 12.8 Å². The molecule has 6 unspecified atom stereocenters. The van der Waals surface area contributed by atoms with Gasteiger partial charge in [-0.2, -0.15) is 0 Å². The molecule has 6 amide bonds. The summed E-state index contributed by atoms with van der Waals surface area (Å²) in [5.74, 6) is -16.6. The van der Waals surface area contributed by atoms with Crippen molar-refractivity contribution in [1.29, 1.82) is 0 Å². The molecule has 747 valence electrons. The molecule has 3 saturated heterocycles. The first kappa shape index (κ1) is 106. The van der Waals surface area contributed by atoms with E-state index < -0.39 is 183 Å². The van der Waals surface area contributed by atoms with Crippen LogP contribution in [0.5, 0.6) is 34.9 Å². The van der Waals surface area contributed by atoms with Crippen molar-refractivity contribution >= 4 is 88.0 Å². The zero-order valence-electron chi connectivity index (χ0n) is 80.6. The van der Waals surface area contributed by atoms with Crippen LogP contribution in [0, 0.1) is 69.5 Å². The van der Waals surface area contributed by atoms with E-state index in [2.05, 4.69) is 45.9 Å². The number of carbonyl (C=O) groups is 6.